The molecule has 0 atom stereocenters. The lowest BCUT2D eigenvalue weighted by Crippen LogP contribution is -2.28. The van der Waals surface area contributed by atoms with Crippen LogP contribution in [0.3, 0.4) is 0 Å². The fourth-order valence-electron chi connectivity index (χ4n) is 2.42. The van der Waals surface area contributed by atoms with E-state index in [0.29, 0.717) is 25.3 Å². The summed E-state index contributed by atoms with van der Waals surface area (Å²) in [5.41, 5.74) is 2.46. The summed E-state index contributed by atoms with van der Waals surface area (Å²) < 4.78 is 10.0. The highest BCUT2D eigenvalue weighted by molar-refractivity contribution is 5.92. The number of hydrogen-bond donors (Lipinski definition) is 2. The summed E-state index contributed by atoms with van der Waals surface area (Å²) in [7, 11) is 3.19. The van der Waals surface area contributed by atoms with Gasteiger partial charge in [-0.05, 0) is 35.4 Å². The van der Waals surface area contributed by atoms with Crippen molar-refractivity contribution in [3.63, 3.8) is 0 Å². The van der Waals surface area contributed by atoms with E-state index in [4.69, 9.17) is 9.47 Å². The average molecular weight is 356 g/mol. The molecule has 0 heterocycles. The Bertz CT molecular complexity index is 729. The molecule has 0 bridgehead atoms. The van der Waals surface area contributed by atoms with Gasteiger partial charge in [-0.3, -0.25) is 9.59 Å². The Morgan fingerprint density at radius 1 is 0.923 bits per heavy atom. The highest BCUT2D eigenvalue weighted by Crippen LogP contribution is 2.14. The van der Waals surface area contributed by atoms with E-state index >= 15 is 0 Å². The van der Waals surface area contributed by atoms with Crippen LogP contribution in [0.15, 0.2) is 48.5 Å². The molecule has 138 valence electrons. The summed E-state index contributed by atoms with van der Waals surface area (Å²) in [6, 6.07) is 14.7. The third-order valence-electron chi connectivity index (χ3n) is 3.73. The molecular formula is C20H24N2O4. The Labute approximate surface area is 153 Å². The van der Waals surface area contributed by atoms with Gasteiger partial charge in [0.25, 0.3) is 0 Å². The maximum atomic E-state index is 12.2. The molecule has 0 aliphatic heterocycles. The number of anilines is 1. The van der Waals surface area contributed by atoms with Crippen LogP contribution in [-0.2, 0) is 27.2 Å². The van der Waals surface area contributed by atoms with E-state index in [1.54, 1.807) is 26.4 Å². The zero-order valence-corrected chi connectivity index (χ0v) is 15.1. The summed E-state index contributed by atoms with van der Waals surface area (Å²) in [6.45, 7) is 0.984. The number of methoxy groups -OCH3 is 2. The van der Waals surface area contributed by atoms with Crippen molar-refractivity contribution in [2.24, 2.45) is 0 Å². The molecule has 0 saturated heterocycles. The van der Waals surface area contributed by atoms with Crippen LogP contribution in [0.25, 0.3) is 0 Å². The molecular weight excluding hydrogens is 332 g/mol. The summed E-state index contributed by atoms with van der Waals surface area (Å²) in [5.74, 6) is 0.559. The molecule has 0 aliphatic carbocycles. The molecule has 2 aromatic rings. The lowest BCUT2D eigenvalue weighted by Gasteiger charge is -2.08. The number of benzene rings is 2. The Morgan fingerprint density at radius 3 is 2.35 bits per heavy atom. The first kappa shape index (κ1) is 19.5. The predicted molar refractivity (Wildman–Crippen MR) is 100 cm³/mol. The minimum Gasteiger partial charge on any atom is -0.497 e. The summed E-state index contributed by atoms with van der Waals surface area (Å²) in [6.07, 6.45) is 0.558. The maximum absolute atomic E-state index is 12.2. The van der Waals surface area contributed by atoms with Crippen molar-refractivity contribution in [1.82, 2.24) is 5.32 Å². The number of amides is 2. The van der Waals surface area contributed by atoms with Gasteiger partial charge >= 0.3 is 0 Å². The van der Waals surface area contributed by atoms with Crippen LogP contribution in [0.4, 0.5) is 5.69 Å². The van der Waals surface area contributed by atoms with E-state index in [0.717, 1.165) is 16.9 Å². The smallest absolute Gasteiger partial charge is 0.228 e. The minimum atomic E-state index is -0.108. The van der Waals surface area contributed by atoms with Gasteiger partial charge in [-0.1, -0.05) is 24.3 Å². The lowest BCUT2D eigenvalue weighted by atomic mass is 10.1. The SMILES string of the molecule is COCCNC(=O)Cc1ccc(NC(=O)Cc2cccc(OC)c2)cc1. The Balaban J connectivity index is 1.84. The standard InChI is InChI=1S/C20H24N2O4/c1-25-11-10-21-19(23)13-15-6-8-17(9-7-15)22-20(24)14-16-4-3-5-18(12-16)26-2/h3-9,12H,10-11,13-14H2,1-2H3,(H,21,23)(H,22,24). The first-order chi connectivity index (χ1) is 12.6. The third kappa shape index (κ3) is 6.57. The molecule has 26 heavy (non-hydrogen) atoms. The number of carbonyl (C=O) groups excluding carboxylic acids is 2. The van der Waals surface area contributed by atoms with Crippen molar-refractivity contribution in [3.05, 3.63) is 59.7 Å². The summed E-state index contributed by atoms with van der Waals surface area (Å²) in [5, 5.41) is 5.63. The van der Waals surface area contributed by atoms with Gasteiger partial charge in [0.2, 0.25) is 11.8 Å². The van der Waals surface area contributed by atoms with Gasteiger partial charge in [0.05, 0.1) is 26.6 Å². The molecule has 2 N–H and O–H groups in total. The van der Waals surface area contributed by atoms with Gasteiger partial charge in [-0.2, -0.15) is 0 Å². The highest BCUT2D eigenvalue weighted by Gasteiger charge is 2.07. The Morgan fingerprint density at radius 2 is 1.65 bits per heavy atom. The lowest BCUT2D eigenvalue weighted by molar-refractivity contribution is -0.120. The van der Waals surface area contributed by atoms with Crippen molar-refractivity contribution >= 4 is 17.5 Å². The van der Waals surface area contributed by atoms with E-state index in [9.17, 15) is 9.59 Å². The largest absolute Gasteiger partial charge is 0.497 e. The van der Waals surface area contributed by atoms with Crippen molar-refractivity contribution in [1.29, 1.82) is 0 Å². The topological polar surface area (TPSA) is 76.7 Å². The predicted octanol–water partition coefficient (Wildman–Crippen LogP) is 2.18. The van der Waals surface area contributed by atoms with E-state index < -0.39 is 0 Å². The van der Waals surface area contributed by atoms with Crippen LogP contribution in [0.1, 0.15) is 11.1 Å². The molecule has 0 unspecified atom stereocenters. The molecule has 0 fully saturated rings. The second-order valence-corrected chi connectivity index (χ2v) is 5.79. The molecule has 0 aromatic heterocycles. The van der Waals surface area contributed by atoms with Crippen molar-refractivity contribution in [2.45, 2.75) is 12.8 Å². The number of carbonyl (C=O) groups is 2. The van der Waals surface area contributed by atoms with Gasteiger partial charge in [0.1, 0.15) is 5.75 Å². The van der Waals surface area contributed by atoms with Crippen LogP contribution in [0, 0.1) is 0 Å². The van der Waals surface area contributed by atoms with E-state index in [1.165, 1.54) is 0 Å². The normalized spacial score (nSPS) is 10.2. The fourth-order valence-corrected chi connectivity index (χ4v) is 2.42. The third-order valence-corrected chi connectivity index (χ3v) is 3.73. The van der Waals surface area contributed by atoms with E-state index in [-0.39, 0.29) is 18.2 Å². The van der Waals surface area contributed by atoms with Gasteiger partial charge in [0, 0.05) is 19.3 Å². The Hall–Kier alpha value is -2.86. The number of rotatable bonds is 9. The minimum absolute atomic E-state index is 0.0585. The summed E-state index contributed by atoms with van der Waals surface area (Å²) >= 11 is 0. The molecule has 6 nitrogen and oxygen atoms in total. The van der Waals surface area contributed by atoms with Gasteiger partial charge in [-0.15, -0.1) is 0 Å². The molecule has 0 spiro atoms. The van der Waals surface area contributed by atoms with Crippen molar-refractivity contribution < 1.29 is 19.1 Å². The van der Waals surface area contributed by atoms with E-state index in [2.05, 4.69) is 10.6 Å². The van der Waals surface area contributed by atoms with Crippen LogP contribution in [0.2, 0.25) is 0 Å². The molecule has 2 amide bonds. The van der Waals surface area contributed by atoms with Crippen molar-refractivity contribution in [2.75, 3.05) is 32.7 Å². The van der Waals surface area contributed by atoms with Gasteiger partial charge in [0.15, 0.2) is 0 Å². The quantitative estimate of drug-likeness (QED) is 0.675. The van der Waals surface area contributed by atoms with Crippen LogP contribution in [0.5, 0.6) is 5.75 Å². The first-order valence-electron chi connectivity index (χ1n) is 8.38. The van der Waals surface area contributed by atoms with Crippen LogP contribution < -0.4 is 15.4 Å². The Kier molecular flexibility index (Phi) is 7.64. The molecule has 6 heteroatoms. The van der Waals surface area contributed by atoms with Gasteiger partial charge in [-0.25, -0.2) is 0 Å². The fraction of sp³-hybridized carbons (Fsp3) is 0.300. The molecule has 0 saturated carbocycles. The van der Waals surface area contributed by atoms with Gasteiger partial charge < -0.3 is 20.1 Å². The van der Waals surface area contributed by atoms with E-state index in [1.807, 2.05) is 36.4 Å². The van der Waals surface area contributed by atoms with Crippen LogP contribution in [-0.4, -0.2) is 39.2 Å². The molecule has 0 radical (unpaired) electrons. The van der Waals surface area contributed by atoms with Crippen molar-refractivity contribution in [3.8, 4) is 5.75 Å². The number of ether oxygens (including phenoxy) is 2. The average Bonchev–Trinajstić information content (AvgIpc) is 2.63. The monoisotopic (exact) mass is 356 g/mol. The maximum Gasteiger partial charge on any atom is 0.228 e. The zero-order valence-electron chi connectivity index (χ0n) is 15.1. The zero-order chi connectivity index (χ0) is 18.8. The first-order valence-corrected chi connectivity index (χ1v) is 8.38. The number of hydrogen-bond acceptors (Lipinski definition) is 4. The molecule has 2 aromatic carbocycles. The second kappa shape index (κ2) is 10.2. The second-order valence-electron chi connectivity index (χ2n) is 5.79. The molecule has 0 aliphatic rings. The summed E-state index contributed by atoms with van der Waals surface area (Å²) in [4.78, 5) is 23.9. The number of nitrogens with one attached hydrogen (secondary N) is 2. The molecule has 2 rings (SSSR count). The highest BCUT2D eigenvalue weighted by atomic mass is 16.5. The van der Waals surface area contributed by atoms with Crippen LogP contribution >= 0.6 is 0 Å².